The number of rotatable bonds is 14. The quantitative estimate of drug-likeness (QED) is 0.126. The van der Waals surface area contributed by atoms with E-state index in [0.717, 1.165) is 171 Å². The van der Waals surface area contributed by atoms with Crippen molar-refractivity contribution in [2.75, 3.05) is 98.5 Å². The SMILES string of the molecule is CCCO[C@H]1C[C@H]2COc3c(Sc4cnc(N5CCC6(CC5)CO[C@@H](C)[C@H]6N)c(CO)n4)ccnc3N2C1.C[C@@H]1OCC2(CCN(c3ncc(Sc4ccnc5c4OC[C@@H]4C[C@H](OCC6CC6)CN54)nc3CO)CC2)[C@@H]1N. The molecular weight excluding hydrogens is 1020 g/mol. The lowest BCUT2D eigenvalue weighted by atomic mass is 9.73. The summed E-state index contributed by atoms with van der Waals surface area (Å²) in [5.74, 6) is 5.59. The number of aromatic nitrogens is 6. The first-order chi connectivity index (χ1) is 37.5. The lowest BCUT2D eigenvalue weighted by Gasteiger charge is -2.41. The van der Waals surface area contributed by atoms with Crippen molar-refractivity contribution in [3.05, 3.63) is 48.3 Å². The number of anilines is 4. The van der Waals surface area contributed by atoms with Crippen molar-refractivity contribution in [2.45, 2.75) is 160 Å². The zero-order chi connectivity index (χ0) is 52.8. The fourth-order valence-electron chi connectivity index (χ4n) is 12.8. The third-order valence-electron chi connectivity index (χ3n) is 17.8. The molecule has 2 spiro atoms. The zero-order valence-corrected chi connectivity index (χ0v) is 46.3. The molecule has 9 aliphatic rings. The normalized spacial score (nSPS) is 28.7. The maximum absolute atomic E-state index is 10.2. The molecule has 6 N–H and O–H groups in total. The minimum Gasteiger partial charge on any atom is -0.486 e. The van der Waals surface area contributed by atoms with Crippen LogP contribution in [-0.2, 0) is 32.2 Å². The number of pyridine rings is 2. The Bertz CT molecular complexity index is 2710. The van der Waals surface area contributed by atoms with Gasteiger partial charge in [0, 0.05) is 87.8 Å². The van der Waals surface area contributed by atoms with Crippen LogP contribution in [0.3, 0.4) is 0 Å². The Balaban J connectivity index is 0.000000155. The van der Waals surface area contributed by atoms with Crippen LogP contribution in [0, 0.1) is 16.7 Å². The lowest BCUT2D eigenvalue weighted by Crippen LogP contribution is -2.51. The number of nitrogens with two attached hydrogens (primary N) is 2. The first kappa shape index (κ1) is 53.3. The van der Waals surface area contributed by atoms with Gasteiger partial charge in [0.15, 0.2) is 34.8 Å². The molecule has 22 heteroatoms. The van der Waals surface area contributed by atoms with Gasteiger partial charge in [-0.2, -0.15) is 0 Å². The molecule has 0 bridgehead atoms. The second-order valence-corrected chi connectivity index (χ2v) is 24.9. The van der Waals surface area contributed by atoms with E-state index in [1.165, 1.54) is 36.4 Å². The summed E-state index contributed by atoms with van der Waals surface area (Å²) in [6.07, 6.45) is 17.3. The van der Waals surface area contributed by atoms with Gasteiger partial charge in [0.25, 0.3) is 0 Å². The second-order valence-electron chi connectivity index (χ2n) is 22.8. The van der Waals surface area contributed by atoms with Crippen molar-refractivity contribution < 1.29 is 38.6 Å². The van der Waals surface area contributed by atoms with Crippen molar-refractivity contribution in [1.29, 1.82) is 0 Å². The van der Waals surface area contributed by atoms with Crippen LogP contribution in [0.4, 0.5) is 23.3 Å². The molecule has 12 heterocycles. The molecule has 0 aromatic carbocycles. The highest BCUT2D eigenvalue weighted by molar-refractivity contribution is 7.99. The summed E-state index contributed by atoms with van der Waals surface area (Å²) in [4.78, 5) is 39.5. The monoisotopic (exact) mass is 1100 g/mol. The Morgan fingerprint density at radius 3 is 1.55 bits per heavy atom. The number of hydrogen-bond acceptors (Lipinski definition) is 22. The van der Waals surface area contributed by atoms with Gasteiger partial charge in [-0.1, -0.05) is 30.4 Å². The van der Waals surface area contributed by atoms with E-state index >= 15 is 0 Å². The molecule has 6 saturated heterocycles. The number of hydrogen-bond donors (Lipinski definition) is 4. The molecule has 77 heavy (non-hydrogen) atoms. The van der Waals surface area contributed by atoms with Gasteiger partial charge >= 0.3 is 0 Å². The first-order valence-electron chi connectivity index (χ1n) is 28.1. The number of piperidine rings is 2. The Kier molecular flexibility index (Phi) is 15.7. The summed E-state index contributed by atoms with van der Waals surface area (Å²) in [7, 11) is 0. The maximum Gasteiger partial charge on any atom is 0.175 e. The lowest BCUT2D eigenvalue weighted by molar-refractivity contribution is 0.0575. The highest BCUT2D eigenvalue weighted by Gasteiger charge is 2.50. The second kappa shape index (κ2) is 22.6. The molecule has 8 atom stereocenters. The van der Waals surface area contributed by atoms with E-state index in [1.54, 1.807) is 12.4 Å². The van der Waals surface area contributed by atoms with Gasteiger partial charge in [0.05, 0.1) is 85.1 Å². The smallest absolute Gasteiger partial charge is 0.175 e. The van der Waals surface area contributed by atoms with Crippen molar-refractivity contribution in [3.8, 4) is 11.5 Å². The molecule has 4 aromatic heterocycles. The Labute approximate surface area is 460 Å². The standard InChI is InChI=1S/C28H38N6O4S.C27H38N6O4S/c1-17-25(29)28(16-38-17)5-8-33(9-6-28)26-21(13-35)32-23(11-31-26)39-22-4-7-30-27-24(22)37-15-19-10-20(12-34(19)27)36-14-18-2-3-18;1-3-10-35-19-11-18-15-36-23-21(4-7-29-26(23)33(18)13-19)38-22-12-30-25(20(14-34)31-22)32-8-5-27(6-9-32)16-37-17(2)24(27)28/h4,7,11,17-20,25,35H,2-3,5-6,8-10,12-16,29H2,1H3;4,7,12,17-19,24,34H,3,5-6,8-11,13-16,28H2,1-2H3/t17-,19-,20-,25+;17-,18-,19-,24+/m00/s1. The van der Waals surface area contributed by atoms with Gasteiger partial charge in [0.1, 0.15) is 34.7 Å². The topological polar surface area (TPSA) is 238 Å². The molecule has 0 radical (unpaired) electrons. The number of aliphatic hydroxyl groups is 2. The molecule has 8 aliphatic heterocycles. The number of aliphatic hydroxyl groups excluding tert-OH is 2. The van der Waals surface area contributed by atoms with Crippen LogP contribution < -0.4 is 40.5 Å². The van der Waals surface area contributed by atoms with Crippen molar-refractivity contribution in [3.63, 3.8) is 0 Å². The van der Waals surface area contributed by atoms with E-state index in [0.29, 0.717) is 30.6 Å². The summed E-state index contributed by atoms with van der Waals surface area (Å²) in [6, 6.07) is 4.63. The van der Waals surface area contributed by atoms with Crippen LogP contribution in [0.15, 0.2) is 56.8 Å². The highest BCUT2D eigenvalue weighted by Crippen LogP contribution is 2.48. The van der Waals surface area contributed by atoms with Crippen LogP contribution in [0.2, 0.25) is 0 Å². The van der Waals surface area contributed by atoms with Crippen molar-refractivity contribution >= 4 is 46.8 Å². The molecule has 1 aliphatic carbocycles. The maximum atomic E-state index is 10.2. The largest absolute Gasteiger partial charge is 0.486 e. The molecule has 416 valence electrons. The molecule has 13 rings (SSSR count). The van der Waals surface area contributed by atoms with Crippen molar-refractivity contribution in [2.24, 2.45) is 28.2 Å². The average molecular weight is 1100 g/mol. The van der Waals surface area contributed by atoms with Gasteiger partial charge in [-0.05, 0) is 89.7 Å². The Hall–Kier alpha value is -4.36. The van der Waals surface area contributed by atoms with E-state index in [1.807, 2.05) is 24.5 Å². The predicted molar refractivity (Wildman–Crippen MR) is 292 cm³/mol. The molecule has 4 aromatic rings. The van der Waals surface area contributed by atoms with E-state index in [4.69, 9.17) is 59.8 Å². The summed E-state index contributed by atoms with van der Waals surface area (Å²) in [6.45, 7) is 15.3. The average Bonchev–Trinajstić information content (AvgIpc) is 3.80. The van der Waals surface area contributed by atoms with Crippen LogP contribution in [0.25, 0.3) is 0 Å². The summed E-state index contributed by atoms with van der Waals surface area (Å²) < 4.78 is 36.4. The number of fused-ring (bicyclic) bond motifs is 6. The van der Waals surface area contributed by atoms with Crippen LogP contribution in [0.1, 0.15) is 89.9 Å². The Morgan fingerprint density at radius 1 is 0.662 bits per heavy atom. The molecule has 20 nitrogen and oxygen atoms in total. The van der Waals surface area contributed by atoms with E-state index < -0.39 is 0 Å². The molecule has 0 amide bonds. The highest BCUT2D eigenvalue weighted by atomic mass is 32.2. The van der Waals surface area contributed by atoms with Gasteiger partial charge in [0.2, 0.25) is 0 Å². The van der Waals surface area contributed by atoms with Gasteiger partial charge < -0.3 is 69.7 Å². The van der Waals surface area contributed by atoms with Gasteiger partial charge in [-0.15, -0.1) is 0 Å². The van der Waals surface area contributed by atoms with E-state index in [2.05, 4.69) is 50.3 Å². The fraction of sp³-hybridized carbons (Fsp3) is 0.673. The predicted octanol–water partition coefficient (Wildman–Crippen LogP) is 5.23. The minimum absolute atomic E-state index is 0.0371. The van der Waals surface area contributed by atoms with E-state index in [-0.39, 0.29) is 66.6 Å². The van der Waals surface area contributed by atoms with Gasteiger partial charge in [-0.25, -0.2) is 29.9 Å². The zero-order valence-electron chi connectivity index (χ0n) is 44.7. The molecule has 1 saturated carbocycles. The summed E-state index contributed by atoms with van der Waals surface area (Å²) in [5, 5.41) is 21.8. The van der Waals surface area contributed by atoms with Crippen LogP contribution in [-0.4, -0.2) is 168 Å². The van der Waals surface area contributed by atoms with E-state index in [9.17, 15) is 10.2 Å². The van der Waals surface area contributed by atoms with Gasteiger partial charge in [-0.3, -0.25) is 0 Å². The summed E-state index contributed by atoms with van der Waals surface area (Å²) >= 11 is 2.99. The molecule has 0 unspecified atom stereocenters. The molecule has 7 fully saturated rings. The van der Waals surface area contributed by atoms with Crippen molar-refractivity contribution in [1.82, 2.24) is 29.9 Å². The van der Waals surface area contributed by atoms with Crippen LogP contribution >= 0.6 is 23.5 Å². The Morgan fingerprint density at radius 2 is 1.13 bits per heavy atom. The third kappa shape index (κ3) is 10.8. The summed E-state index contributed by atoms with van der Waals surface area (Å²) in [5.41, 5.74) is 14.2. The third-order valence-corrected chi connectivity index (χ3v) is 19.7. The first-order valence-corrected chi connectivity index (χ1v) is 29.7. The number of ether oxygens (including phenoxy) is 6. The minimum atomic E-state index is -0.169. The fourth-order valence-corrected chi connectivity index (χ4v) is 14.6. The molecular formula is C55H76N12O8S2. The van der Waals surface area contributed by atoms with Crippen LogP contribution in [0.5, 0.6) is 11.5 Å². The number of nitrogens with zero attached hydrogens (tertiary/aromatic N) is 10.